The van der Waals surface area contributed by atoms with Crippen LogP contribution in [0.5, 0.6) is 5.75 Å². The van der Waals surface area contributed by atoms with Crippen molar-refractivity contribution in [3.63, 3.8) is 0 Å². The molecule has 1 aliphatic heterocycles. The van der Waals surface area contributed by atoms with Gasteiger partial charge in [0.15, 0.2) is 18.5 Å². The molecule has 3 heterocycles. The molecule has 0 bridgehead atoms. The van der Waals surface area contributed by atoms with Gasteiger partial charge in [-0.25, -0.2) is 0 Å². The van der Waals surface area contributed by atoms with Crippen LogP contribution in [0.3, 0.4) is 0 Å². The van der Waals surface area contributed by atoms with Crippen molar-refractivity contribution >= 4 is 32.6 Å². The lowest BCUT2D eigenvalue weighted by Crippen LogP contribution is -2.58. The molecule has 0 saturated carbocycles. The molecule has 1 saturated heterocycles. The number of nitrogens with one attached hydrogen (secondary N) is 1. The normalized spacial score (nSPS) is 24.7. The van der Waals surface area contributed by atoms with Crippen LogP contribution in [0.15, 0.2) is 36.7 Å². The van der Waals surface area contributed by atoms with Gasteiger partial charge in [-0.15, -0.1) is 0 Å². The Labute approximate surface area is 173 Å². The van der Waals surface area contributed by atoms with Gasteiger partial charge < -0.3 is 29.8 Å². The molecule has 156 valence electrons. The Bertz CT molecular complexity index is 1280. The first-order valence-electron chi connectivity index (χ1n) is 9.99. The van der Waals surface area contributed by atoms with Crippen LogP contribution in [0.1, 0.15) is 17.4 Å². The number of benzene rings is 2. The fourth-order valence-electron chi connectivity index (χ4n) is 4.59. The summed E-state index contributed by atoms with van der Waals surface area (Å²) < 4.78 is 12.8. The first kappa shape index (κ1) is 19.3. The molecule has 1 aliphatic rings. The van der Waals surface area contributed by atoms with Crippen LogP contribution in [0, 0.1) is 13.8 Å². The maximum Gasteiger partial charge on any atom is 0.291 e. The summed E-state index contributed by atoms with van der Waals surface area (Å²) in [6.45, 7) is 4.14. The third kappa shape index (κ3) is 2.70. The van der Waals surface area contributed by atoms with Crippen molar-refractivity contribution in [2.75, 3.05) is 13.7 Å². The average molecular weight is 409 g/mol. The monoisotopic (exact) mass is 409 g/mol. The highest BCUT2D eigenvalue weighted by molar-refractivity contribution is 6.16. The number of aromatic amines is 1. The van der Waals surface area contributed by atoms with Gasteiger partial charge in [-0.3, -0.25) is 0 Å². The topological polar surface area (TPSA) is 98.8 Å². The van der Waals surface area contributed by atoms with Crippen LogP contribution >= 0.6 is 0 Å². The maximum absolute atomic E-state index is 10.4. The Morgan fingerprint density at radius 1 is 1.03 bits per heavy atom. The van der Waals surface area contributed by atoms with E-state index in [1.807, 2.05) is 36.7 Å². The van der Waals surface area contributed by atoms with Gasteiger partial charge in [0, 0.05) is 27.7 Å². The summed E-state index contributed by atoms with van der Waals surface area (Å²) in [5, 5.41) is 34.6. The summed E-state index contributed by atoms with van der Waals surface area (Å²) >= 11 is 0. The molecular formula is C23H25N2O5+. The van der Waals surface area contributed by atoms with Crippen LogP contribution in [-0.4, -0.2) is 52.3 Å². The van der Waals surface area contributed by atoms with E-state index in [1.165, 1.54) is 0 Å². The number of fused-ring (bicyclic) bond motifs is 4. The third-order valence-corrected chi connectivity index (χ3v) is 6.31. The lowest BCUT2D eigenvalue weighted by atomic mass is 9.96. The van der Waals surface area contributed by atoms with E-state index in [4.69, 9.17) is 9.47 Å². The summed E-state index contributed by atoms with van der Waals surface area (Å²) in [4.78, 5) is 3.54. The summed E-state index contributed by atoms with van der Waals surface area (Å²) in [5.41, 5.74) is 4.37. The van der Waals surface area contributed by atoms with Crippen LogP contribution in [0.25, 0.3) is 32.6 Å². The van der Waals surface area contributed by atoms with Crippen molar-refractivity contribution in [2.45, 2.75) is 38.4 Å². The minimum absolute atomic E-state index is 0.0345. The van der Waals surface area contributed by atoms with Gasteiger partial charge in [-0.2, -0.15) is 4.57 Å². The number of aromatic nitrogens is 2. The number of rotatable bonds is 2. The number of aryl methyl sites for hydroxylation is 2. The molecule has 0 spiro atoms. The number of nitrogens with zero attached hydrogens (tertiary/aromatic N) is 1. The SMILES string of the molecule is COc1ccc2[nH]c3c(C)c4cc[n+](C5OCC(O)C(O)C5O)cc4c(C)c3c2c1. The Morgan fingerprint density at radius 2 is 1.83 bits per heavy atom. The highest BCUT2D eigenvalue weighted by atomic mass is 16.5. The zero-order valence-electron chi connectivity index (χ0n) is 17.1. The van der Waals surface area contributed by atoms with Gasteiger partial charge in [0.05, 0.1) is 19.2 Å². The number of methoxy groups -OCH3 is 1. The quantitative estimate of drug-likeness (QED) is 0.380. The number of pyridine rings is 1. The standard InChI is InChI=1S/C23H24N2O5/c1-11-16-9-25(23-22(28)21(27)18(26)10-30-23)7-6-14(16)12(2)20-19(11)15-8-13(29-3)4-5-17(15)24-20/h4-9,18,21-23,26-28H,10H2,1-3H3/p+1. The number of ether oxygens (including phenoxy) is 2. The third-order valence-electron chi connectivity index (χ3n) is 6.31. The molecule has 0 radical (unpaired) electrons. The minimum Gasteiger partial charge on any atom is -0.497 e. The van der Waals surface area contributed by atoms with Crippen molar-refractivity contribution in [1.29, 1.82) is 0 Å². The van der Waals surface area contributed by atoms with E-state index >= 15 is 0 Å². The van der Waals surface area contributed by atoms with Gasteiger partial charge in [0.1, 0.15) is 18.0 Å². The van der Waals surface area contributed by atoms with Gasteiger partial charge >= 0.3 is 0 Å². The molecular weight excluding hydrogens is 384 g/mol. The minimum atomic E-state index is -1.25. The van der Waals surface area contributed by atoms with E-state index in [0.29, 0.717) is 0 Å². The van der Waals surface area contributed by atoms with Crippen molar-refractivity contribution in [1.82, 2.24) is 4.98 Å². The van der Waals surface area contributed by atoms with Crippen LogP contribution in [0.4, 0.5) is 0 Å². The first-order chi connectivity index (χ1) is 14.4. The number of aliphatic hydroxyl groups is 3. The first-order valence-corrected chi connectivity index (χ1v) is 9.99. The highest BCUT2D eigenvalue weighted by Crippen LogP contribution is 2.37. The molecule has 1 fully saturated rings. The largest absolute Gasteiger partial charge is 0.497 e. The van der Waals surface area contributed by atoms with E-state index in [1.54, 1.807) is 11.7 Å². The summed E-state index contributed by atoms with van der Waals surface area (Å²) in [6.07, 6.45) is -0.565. The zero-order chi connectivity index (χ0) is 21.2. The second kappa shape index (κ2) is 6.92. The number of H-pyrrole nitrogens is 1. The van der Waals surface area contributed by atoms with E-state index < -0.39 is 24.5 Å². The van der Waals surface area contributed by atoms with Gasteiger partial charge in [0.2, 0.25) is 0 Å². The van der Waals surface area contributed by atoms with Crippen molar-refractivity contribution in [3.05, 3.63) is 47.8 Å². The second-order valence-electron chi connectivity index (χ2n) is 8.03. The number of hydrogen-bond acceptors (Lipinski definition) is 5. The average Bonchev–Trinajstić information content (AvgIpc) is 3.14. The lowest BCUT2D eigenvalue weighted by Gasteiger charge is -2.31. The van der Waals surface area contributed by atoms with Crippen LogP contribution < -0.4 is 9.30 Å². The molecule has 2 aromatic carbocycles. The summed E-state index contributed by atoms with van der Waals surface area (Å²) in [5.74, 6) is 0.801. The molecule has 4 atom stereocenters. The molecule has 7 nitrogen and oxygen atoms in total. The Morgan fingerprint density at radius 3 is 2.60 bits per heavy atom. The predicted octanol–water partition coefficient (Wildman–Crippen LogP) is 2.00. The fraction of sp³-hybridized carbons (Fsp3) is 0.348. The molecule has 0 aliphatic carbocycles. The lowest BCUT2D eigenvalue weighted by molar-refractivity contribution is -0.774. The Balaban J connectivity index is 1.74. The molecule has 7 heteroatoms. The molecule has 2 aromatic heterocycles. The van der Waals surface area contributed by atoms with Crippen molar-refractivity contribution in [3.8, 4) is 5.75 Å². The smallest absolute Gasteiger partial charge is 0.291 e. The van der Waals surface area contributed by atoms with Gasteiger partial charge in [-0.05, 0) is 48.6 Å². The molecule has 4 aromatic rings. The van der Waals surface area contributed by atoms with E-state index in [-0.39, 0.29) is 6.61 Å². The highest BCUT2D eigenvalue weighted by Gasteiger charge is 2.43. The van der Waals surface area contributed by atoms with E-state index in [0.717, 1.165) is 49.5 Å². The molecule has 4 N–H and O–H groups in total. The van der Waals surface area contributed by atoms with E-state index in [9.17, 15) is 15.3 Å². The molecule has 5 rings (SSSR count). The van der Waals surface area contributed by atoms with Crippen LogP contribution in [0.2, 0.25) is 0 Å². The van der Waals surface area contributed by atoms with E-state index in [2.05, 4.69) is 18.8 Å². The summed E-state index contributed by atoms with van der Waals surface area (Å²) in [6, 6.07) is 8.00. The van der Waals surface area contributed by atoms with Gasteiger partial charge in [0.25, 0.3) is 6.23 Å². The molecule has 30 heavy (non-hydrogen) atoms. The maximum atomic E-state index is 10.4. The van der Waals surface area contributed by atoms with Crippen molar-refractivity contribution < 1.29 is 29.4 Å². The number of aliphatic hydroxyl groups excluding tert-OH is 3. The van der Waals surface area contributed by atoms with Crippen LogP contribution in [-0.2, 0) is 4.74 Å². The number of hydrogen-bond donors (Lipinski definition) is 4. The second-order valence-corrected chi connectivity index (χ2v) is 8.03. The Kier molecular flexibility index (Phi) is 4.44. The van der Waals surface area contributed by atoms with Gasteiger partial charge in [-0.1, -0.05) is 0 Å². The predicted molar refractivity (Wildman–Crippen MR) is 113 cm³/mol. The Hall–Kier alpha value is -2.71. The zero-order valence-corrected chi connectivity index (χ0v) is 17.1. The fourth-order valence-corrected chi connectivity index (χ4v) is 4.59. The summed E-state index contributed by atoms with van der Waals surface area (Å²) in [7, 11) is 1.66. The van der Waals surface area contributed by atoms with Crippen molar-refractivity contribution in [2.24, 2.45) is 0 Å². The molecule has 0 amide bonds. The molecule has 4 unspecified atom stereocenters.